The Morgan fingerprint density at radius 2 is 1.68 bits per heavy atom. The van der Waals surface area contributed by atoms with Crippen molar-refractivity contribution in [2.75, 3.05) is 51.2 Å². The summed E-state index contributed by atoms with van der Waals surface area (Å²) in [5.41, 5.74) is 2.29. The number of carbonyl (C=O) groups is 3. The van der Waals surface area contributed by atoms with Crippen molar-refractivity contribution in [3.63, 3.8) is 0 Å². The van der Waals surface area contributed by atoms with E-state index in [0.717, 1.165) is 49.2 Å². The number of fused-ring (bicyclic) bond motifs is 3. The monoisotopic (exact) mass is 557 g/mol. The first-order valence-corrected chi connectivity index (χ1v) is 14.5. The number of likely N-dealkylation sites (tertiary alicyclic amines) is 2. The molecule has 2 aromatic heterocycles. The Balaban J connectivity index is 1.10. The lowest BCUT2D eigenvalue weighted by Crippen LogP contribution is -2.59. The molecule has 0 unspecified atom stereocenters. The van der Waals surface area contributed by atoms with Crippen LogP contribution in [0.3, 0.4) is 0 Å². The number of likely N-dealkylation sites (N-methyl/N-ethyl adjacent to an activating group) is 1. The van der Waals surface area contributed by atoms with Crippen LogP contribution in [0.25, 0.3) is 10.9 Å². The lowest BCUT2D eigenvalue weighted by atomic mass is 9.85. The number of H-pyrrole nitrogens is 1. The summed E-state index contributed by atoms with van der Waals surface area (Å²) in [6.45, 7) is 10.7. The number of hydrogen-bond donors (Lipinski definition) is 2. The average Bonchev–Trinajstić information content (AvgIpc) is 3.69. The van der Waals surface area contributed by atoms with Crippen molar-refractivity contribution in [2.45, 2.75) is 45.3 Å². The predicted octanol–water partition coefficient (Wildman–Crippen LogP) is 2.58. The number of pyridine rings is 1. The van der Waals surface area contributed by atoms with Crippen LogP contribution in [0.5, 0.6) is 0 Å². The lowest BCUT2D eigenvalue weighted by molar-refractivity contribution is -0.138. The first-order chi connectivity index (χ1) is 19.6. The molecule has 0 radical (unpaired) electrons. The molecule has 41 heavy (non-hydrogen) atoms. The summed E-state index contributed by atoms with van der Waals surface area (Å²) in [4.78, 5) is 56.4. The molecule has 0 spiro atoms. The minimum atomic E-state index is -0.700. The second kappa shape index (κ2) is 10.5. The number of nitrogens with one attached hydrogen (secondary N) is 2. The highest BCUT2D eigenvalue weighted by molar-refractivity contribution is 6.00. The van der Waals surface area contributed by atoms with Crippen LogP contribution in [0, 0.1) is 5.41 Å². The van der Waals surface area contributed by atoms with Crippen LogP contribution in [0.1, 0.15) is 48.2 Å². The molecule has 10 nitrogen and oxygen atoms in total. The summed E-state index contributed by atoms with van der Waals surface area (Å²) >= 11 is 0. The van der Waals surface area contributed by atoms with Gasteiger partial charge in [-0.2, -0.15) is 0 Å². The summed E-state index contributed by atoms with van der Waals surface area (Å²) in [6.07, 6.45) is 2.54. The average molecular weight is 558 g/mol. The molecule has 2 N–H and O–H groups in total. The van der Waals surface area contributed by atoms with Gasteiger partial charge >= 0.3 is 0 Å². The summed E-state index contributed by atoms with van der Waals surface area (Å²) in [7, 11) is 2.13. The second-order valence-corrected chi connectivity index (χ2v) is 12.7. The third kappa shape index (κ3) is 5.28. The van der Waals surface area contributed by atoms with E-state index in [9.17, 15) is 14.4 Å². The number of amides is 3. The smallest absolute Gasteiger partial charge is 0.272 e. The zero-order chi connectivity index (χ0) is 28.9. The molecule has 0 saturated carbocycles. The Labute approximate surface area is 240 Å². The van der Waals surface area contributed by atoms with Crippen molar-refractivity contribution >= 4 is 34.3 Å². The summed E-state index contributed by atoms with van der Waals surface area (Å²) < 4.78 is 0. The molecule has 1 aromatic carbocycles. The largest absolute Gasteiger partial charge is 0.368 e. The van der Waals surface area contributed by atoms with E-state index in [1.165, 1.54) is 0 Å². The second-order valence-electron chi connectivity index (χ2n) is 12.7. The topological polar surface area (TPSA) is 105 Å². The van der Waals surface area contributed by atoms with Gasteiger partial charge in [0.15, 0.2) is 0 Å². The fourth-order valence-electron chi connectivity index (χ4n) is 6.32. The van der Waals surface area contributed by atoms with Crippen LogP contribution in [-0.4, -0.2) is 107 Å². The lowest BCUT2D eigenvalue weighted by Gasteiger charge is -2.39. The zero-order valence-corrected chi connectivity index (χ0v) is 24.3. The van der Waals surface area contributed by atoms with Gasteiger partial charge in [-0.05, 0) is 43.1 Å². The molecule has 3 aromatic rings. The molecule has 6 rings (SSSR count). The van der Waals surface area contributed by atoms with Crippen molar-refractivity contribution in [1.82, 2.24) is 30.0 Å². The molecule has 216 valence electrons. The summed E-state index contributed by atoms with van der Waals surface area (Å²) in [6, 6.07) is 12.5. The van der Waals surface area contributed by atoms with Crippen LogP contribution in [0.15, 0.2) is 48.7 Å². The first-order valence-electron chi connectivity index (χ1n) is 14.5. The number of carbonyl (C=O) groups excluding carboxylic acids is 3. The molecule has 3 atom stereocenters. The fourth-order valence-corrected chi connectivity index (χ4v) is 6.32. The van der Waals surface area contributed by atoms with Gasteiger partial charge in [-0.3, -0.25) is 14.4 Å². The van der Waals surface area contributed by atoms with Gasteiger partial charge in [0.05, 0.1) is 24.0 Å². The number of hydrogen-bond acceptors (Lipinski definition) is 6. The van der Waals surface area contributed by atoms with E-state index in [0.29, 0.717) is 24.5 Å². The van der Waals surface area contributed by atoms with Crippen LogP contribution in [-0.2, 0) is 4.79 Å². The normalized spacial score (nSPS) is 21.9. The number of aromatic nitrogens is 2. The molecular formula is C31H39N7O3. The minimum absolute atomic E-state index is 0.0550. The minimum Gasteiger partial charge on any atom is -0.368 e. The van der Waals surface area contributed by atoms with Gasteiger partial charge in [-0.15, -0.1) is 0 Å². The van der Waals surface area contributed by atoms with Crippen LogP contribution >= 0.6 is 0 Å². The van der Waals surface area contributed by atoms with E-state index in [1.54, 1.807) is 6.20 Å². The molecule has 3 saturated heterocycles. The predicted molar refractivity (Wildman–Crippen MR) is 158 cm³/mol. The first kappa shape index (κ1) is 27.3. The number of aromatic amines is 1. The Hall–Kier alpha value is -3.92. The Bertz CT molecular complexity index is 1420. The number of benzene rings is 1. The molecule has 3 amide bonds. The maximum absolute atomic E-state index is 13.9. The van der Waals surface area contributed by atoms with Gasteiger partial charge in [-0.1, -0.05) is 39.0 Å². The molecule has 3 aliphatic heterocycles. The van der Waals surface area contributed by atoms with Crippen LogP contribution < -0.4 is 10.2 Å². The molecule has 2 bridgehead atoms. The van der Waals surface area contributed by atoms with Crippen molar-refractivity contribution in [1.29, 1.82) is 0 Å². The van der Waals surface area contributed by atoms with E-state index in [2.05, 4.69) is 32.1 Å². The van der Waals surface area contributed by atoms with Gasteiger partial charge in [0.1, 0.15) is 17.4 Å². The highest BCUT2D eigenvalue weighted by atomic mass is 16.2. The van der Waals surface area contributed by atoms with E-state index < -0.39 is 11.5 Å². The standard InChI is InChI=1S/C31H39N7O3/c1-31(2,3)27(34-28(39)26-15-20-7-5-6-8-24(20)33-26)30(41)38-19-22-16-23(38)18-37(22)29(40)25-10-9-21(17-32-25)36-13-11-35(4)12-14-36/h5-10,15,17,22-23,27,33H,11-14,16,18-19H2,1-4H3,(H,34,39)/t22-,23-,27+/m0/s1. The third-order valence-electron chi connectivity index (χ3n) is 8.78. The maximum atomic E-state index is 13.9. The van der Waals surface area contributed by atoms with Crippen molar-refractivity contribution in [2.24, 2.45) is 5.41 Å². The molecular weight excluding hydrogens is 518 g/mol. The zero-order valence-electron chi connectivity index (χ0n) is 24.3. The Morgan fingerprint density at radius 1 is 0.976 bits per heavy atom. The molecule has 3 fully saturated rings. The highest BCUT2D eigenvalue weighted by Crippen LogP contribution is 2.34. The Morgan fingerprint density at radius 3 is 2.32 bits per heavy atom. The number of nitrogens with zero attached hydrogens (tertiary/aromatic N) is 5. The van der Waals surface area contributed by atoms with E-state index in [1.807, 2.05) is 73.0 Å². The van der Waals surface area contributed by atoms with E-state index in [4.69, 9.17) is 0 Å². The van der Waals surface area contributed by atoms with Crippen molar-refractivity contribution < 1.29 is 14.4 Å². The van der Waals surface area contributed by atoms with Crippen molar-refractivity contribution in [3.8, 4) is 0 Å². The fraction of sp³-hybridized carbons (Fsp3) is 0.484. The van der Waals surface area contributed by atoms with Gasteiger partial charge in [0, 0.05) is 50.2 Å². The van der Waals surface area contributed by atoms with E-state index in [-0.39, 0.29) is 29.8 Å². The van der Waals surface area contributed by atoms with Crippen LogP contribution in [0.4, 0.5) is 5.69 Å². The van der Waals surface area contributed by atoms with Crippen molar-refractivity contribution in [3.05, 3.63) is 60.0 Å². The molecule has 3 aliphatic rings. The number of anilines is 1. The number of piperazine rings is 2. The van der Waals surface area contributed by atoms with Gasteiger partial charge in [0.2, 0.25) is 5.91 Å². The van der Waals surface area contributed by atoms with Crippen LogP contribution in [0.2, 0.25) is 0 Å². The number of rotatable bonds is 5. The number of para-hydroxylation sites is 1. The van der Waals surface area contributed by atoms with Gasteiger partial charge in [-0.25, -0.2) is 4.98 Å². The maximum Gasteiger partial charge on any atom is 0.272 e. The highest BCUT2D eigenvalue weighted by Gasteiger charge is 2.50. The van der Waals surface area contributed by atoms with Gasteiger partial charge < -0.3 is 29.9 Å². The molecule has 5 heterocycles. The molecule has 0 aliphatic carbocycles. The van der Waals surface area contributed by atoms with Gasteiger partial charge in [0.25, 0.3) is 11.8 Å². The Kier molecular flexibility index (Phi) is 6.97. The third-order valence-corrected chi connectivity index (χ3v) is 8.78. The van der Waals surface area contributed by atoms with E-state index >= 15 is 0 Å². The SMILES string of the molecule is CN1CCN(c2ccc(C(=O)N3C[C@@H]4C[C@H]3CN4C(=O)[C@@H](NC(=O)c3cc4ccccc4[nH]3)C(C)(C)C)nc2)CC1. The quantitative estimate of drug-likeness (QED) is 0.500. The summed E-state index contributed by atoms with van der Waals surface area (Å²) in [5, 5.41) is 3.95. The summed E-state index contributed by atoms with van der Waals surface area (Å²) in [5.74, 6) is -0.494. The molecule has 10 heteroatoms.